The van der Waals surface area contributed by atoms with E-state index in [0.717, 1.165) is 23.1 Å². The van der Waals surface area contributed by atoms with Crippen molar-refractivity contribution in [1.82, 2.24) is 24.9 Å². The summed E-state index contributed by atoms with van der Waals surface area (Å²) < 4.78 is 2.75. The fraction of sp³-hybridized carbons (Fsp3) is 0.467. The normalized spacial score (nSPS) is 21.3. The van der Waals surface area contributed by atoms with Crippen LogP contribution in [0.15, 0.2) is 29.1 Å². The number of carbonyl (C=O) groups is 1. The molecule has 6 nitrogen and oxygen atoms in total. The van der Waals surface area contributed by atoms with Gasteiger partial charge in [-0.05, 0) is 41.3 Å². The van der Waals surface area contributed by atoms with Crippen LogP contribution in [0.3, 0.4) is 0 Å². The number of aromatic nitrogens is 4. The van der Waals surface area contributed by atoms with Gasteiger partial charge in [0.25, 0.3) is 5.91 Å². The second-order valence-electron chi connectivity index (χ2n) is 5.98. The predicted molar refractivity (Wildman–Crippen MR) is 83.5 cm³/mol. The smallest absolute Gasteiger partial charge is 0.255 e. The number of hydrogen-bond donors (Lipinski definition) is 0. The molecule has 3 heterocycles. The highest BCUT2D eigenvalue weighted by Crippen LogP contribution is 2.39. The summed E-state index contributed by atoms with van der Waals surface area (Å²) in [7, 11) is 0. The second kappa shape index (κ2) is 5.46. The maximum Gasteiger partial charge on any atom is 0.255 e. The molecule has 0 N–H and O–H groups in total. The van der Waals surface area contributed by atoms with E-state index in [2.05, 4.69) is 37.4 Å². The van der Waals surface area contributed by atoms with Gasteiger partial charge in [-0.25, -0.2) is 4.68 Å². The zero-order valence-corrected chi connectivity index (χ0v) is 13.6. The molecule has 4 rings (SSSR count). The van der Waals surface area contributed by atoms with Crippen LogP contribution in [-0.2, 0) is 0 Å². The number of hydrogen-bond acceptors (Lipinski definition) is 4. The molecule has 1 aliphatic heterocycles. The van der Waals surface area contributed by atoms with Crippen molar-refractivity contribution in [2.45, 2.75) is 31.2 Å². The van der Waals surface area contributed by atoms with Gasteiger partial charge in [-0.15, -0.1) is 5.10 Å². The molecule has 0 bridgehead atoms. The first-order valence-electron chi connectivity index (χ1n) is 7.52. The van der Waals surface area contributed by atoms with Gasteiger partial charge in [-0.3, -0.25) is 9.78 Å². The molecular formula is C15H16BrN5O. The van der Waals surface area contributed by atoms with E-state index in [-0.39, 0.29) is 11.9 Å². The lowest BCUT2D eigenvalue weighted by molar-refractivity contribution is 0.0786. The van der Waals surface area contributed by atoms with Gasteiger partial charge in [0.1, 0.15) is 0 Å². The molecule has 1 saturated heterocycles. The Balaban J connectivity index is 1.46. The molecule has 114 valence electrons. The maximum absolute atomic E-state index is 12.5. The van der Waals surface area contributed by atoms with Crippen molar-refractivity contribution in [3.63, 3.8) is 0 Å². The fourth-order valence-corrected chi connectivity index (χ4v) is 3.25. The highest BCUT2D eigenvalue weighted by molar-refractivity contribution is 9.10. The molecule has 2 aromatic rings. The van der Waals surface area contributed by atoms with Crippen molar-refractivity contribution >= 4 is 21.8 Å². The summed E-state index contributed by atoms with van der Waals surface area (Å²) in [4.78, 5) is 18.4. The Labute approximate surface area is 136 Å². The third kappa shape index (κ3) is 2.65. The van der Waals surface area contributed by atoms with Gasteiger partial charge in [0, 0.05) is 42.1 Å². The first-order valence-corrected chi connectivity index (χ1v) is 8.31. The van der Waals surface area contributed by atoms with Crippen LogP contribution in [0.4, 0.5) is 0 Å². The molecule has 2 fully saturated rings. The first kappa shape index (κ1) is 13.9. The van der Waals surface area contributed by atoms with Crippen LogP contribution in [-0.4, -0.2) is 43.9 Å². The number of nitrogens with zero attached hydrogens (tertiary/aromatic N) is 5. The average molecular weight is 362 g/mol. The molecule has 7 heteroatoms. The summed E-state index contributed by atoms with van der Waals surface area (Å²) in [5.41, 5.74) is 1.72. The van der Waals surface area contributed by atoms with Gasteiger partial charge in [0.15, 0.2) is 0 Å². The van der Waals surface area contributed by atoms with Crippen molar-refractivity contribution in [2.75, 3.05) is 13.1 Å². The van der Waals surface area contributed by atoms with Crippen molar-refractivity contribution in [1.29, 1.82) is 0 Å². The number of carbonyl (C=O) groups excluding carboxylic acids is 1. The Morgan fingerprint density at radius 2 is 2.14 bits per heavy atom. The van der Waals surface area contributed by atoms with E-state index in [9.17, 15) is 4.79 Å². The largest absolute Gasteiger partial charge is 0.336 e. The predicted octanol–water partition coefficient (Wildman–Crippen LogP) is 2.40. The van der Waals surface area contributed by atoms with Gasteiger partial charge in [0.2, 0.25) is 0 Å². The van der Waals surface area contributed by atoms with Crippen LogP contribution in [0.5, 0.6) is 0 Å². The summed E-state index contributed by atoms with van der Waals surface area (Å²) in [6.45, 7) is 1.42. The quantitative estimate of drug-likeness (QED) is 0.841. The number of halogens is 1. The van der Waals surface area contributed by atoms with Gasteiger partial charge < -0.3 is 4.90 Å². The molecule has 0 radical (unpaired) electrons. The second-order valence-corrected chi connectivity index (χ2v) is 6.90. The lowest BCUT2D eigenvalue weighted by atomic mass is 10.2. The molecule has 1 saturated carbocycles. The standard InChI is InChI=1S/C15H16BrN5O/c16-12-5-11(6-17-7-12)15(22)20-4-3-13(8-20)21-9-14(18-19-21)10-1-2-10/h5-7,9-10,13H,1-4,8H2/t13-/m0/s1. The van der Waals surface area contributed by atoms with E-state index >= 15 is 0 Å². The van der Waals surface area contributed by atoms with Crippen LogP contribution >= 0.6 is 15.9 Å². The average Bonchev–Trinajstić information content (AvgIpc) is 3.06. The molecule has 0 unspecified atom stereocenters. The summed E-state index contributed by atoms with van der Waals surface area (Å²) in [5, 5.41) is 8.50. The van der Waals surface area contributed by atoms with E-state index in [1.165, 1.54) is 12.8 Å². The minimum absolute atomic E-state index is 0.0267. The van der Waals surface area contributed by atoms with E-state index in [4.69, 9.17) is 0 Å². The van der Waals surface area contributed by atoms with Crippen molar-refractivity contribution < 1.29 is 4.79 Å². The number of rotatable bonds is 3. The number of amides is 1. The lowest BCUT2D eigenvalue weighted by Crippen LogP contribution is -2.29. The Bertz CT molecular complexity index is 711. The van der Waals surface area contributed by atoms with Crippen molar-refractivity contribution in [3.05, 3.63) is 40.4 Å². The summed E-state index contributed by atoms with van der Waals surface area (Å²) in [5.74, 6) is 0.638. The third-order valence-electron chi connectivity index (χ3n) is 4.30. The maximum atomic E-state index is 12.5. The van der Waals surface area contributed by atoms with Crippen molar-refractivity contribution in [3.8, 4) is 0 Å². The third-order valence-corrected chi connectivity index (χ3v) is 4.73. The van der Waals surface area contributed by atoms with E-state index < -0.39 is 0 Å². The molecule has 1 atom stereocenters. The Hall–Kier alpha value is -1.76. The highest BCUT2D eigenvalue weighted by Gasteiger charge is 2.31. The molecule has 0 aromatic carbocycles. The Morgan fingerprint density at radius 3 is 2.91 bits per heavy atom. The van der Waals surface area contributed by atoms with E-state index in [1.807, 2.05) is 15.6 Å². The molecular weight excluding hydrogens is 346 g/mol. The SMILES string of the molecule is O=C(c1cncc(Br)c1)N1CC[C@H](n2cc(C3CC3)nn2)C1. The van der Waals surface area contributed by atoms with E-state index in [0.29, 0.717) is 18.0 Å². The zero-order chi connectivity index (χ0) is 15.1. The van der Waals surface area contributed by atoms with Crippen LogP contribution in [0.1, 0.15) is 47.3 Å². The highest BCUT2D eigenvalue weighted by atomic mass is 79.9. The Morgan fingerprint density at radius 1 is 1.27 bits per heavy atom. The minimum atomic E-state index is 0.0267. The van der Waals surface area contributed by atoms with Gasteiger partial charge >= 0.3 is 0 Å². The van der Waals surface area contributed by atoms with Crippen molar-refractivity contribution in [2.24, 2.45) is 0 Å². The van der Waals surface area contributed by atoms with Gasteiger partial charge in [0.05, 0.1) is 17.3 Å². The zero-order valence-electron chi connectivity index (χ0n) is 12.0. The van der Waals surface area contributed by atoms with Gasteiger partial charge in [-0.1, -0.05) is 5.21 Å². The fourth-order valence-electron chi connectivity index (χ4n) is 2.89. The van der Waals surface area contributed by atoms with Gasteiger partial charge in [-0.2, -0.15) is 0 Å². The van der Waals surface area contributed by atoms with Crippen LogP contribution in [0.25, 0.3) is 0 Å². The molecule has 0 spiro atoms. The molecule has 1 aliphatic carbocycles. The first-order chi connectivity index (χ1) is 10.7. The number of likely N-dealkylation sites (tertiary alicyclic amines) is 1. The molecule has 2 aromatic heterocycles. The summed E-state index contributed by atoms with van der Waals surface area (Å²) in [6, 6.07) is 2.03. The van der Waals surface area contributed by atoms with E-state index in [1.54, 1.807) is 12.4 Å². The topological polar surface area (TPSA) is 63.9 Å². The molecule has 2 aliphatic rings. The minimum Gasteiger partial charge on any atom is -0.336 e. The molecule has 22 heavy (non-hydrogen) atoms. The van der Waals surface area contributed by atoms with Crippen LogP contribution < -0.4 is 0 Å². The summed E-state index contributed by atoms with van der Waals surface area (Å²) in [6.07, 6.45) is 8.71. The van der Waals surface area contributed by atoms with Crippen LogP contribution in [0.2, 0.25) is 0 Å². The Kier molecular flexibility index (Phi) is 3.44. The lowest BCUT2D eigenvalue weighted by Gasteiger charge is -2.16. The molecule has 1 amide bonds. The number of pyridine rings is 1. The summed E-state index contributed by atoms with van der Waals surface area (Å²) >= 11 is 3.35. The van der Waals surface area contributed by atoms with Crippen LogP contribution in [0, 0.1) is 0 Å². The monoisotopic (exact) mass is 361 g/mol.